The topological polar surface area (TPSA) is 84.1 Å². The van der Waals surface area contributed by atoms with Crippen LogP contribution in [0, 0.1) is 0 Å². The molecule has 7 heteroatoms. The molecule has 0 saturated heterocycles. The SMILES string of the molecule is CCOC(=O)c1cc2cc(NC(=O)c3cc(C(C)C)[nH]n3)ccc2s1. The standard InChI is InChI=1S/C18H19N3O3S/c1-4-24-18(23)16-8-11-7-12(5-6-15(11)25-16)19-17(22)14-9-13(10(2)3)20-21-14/h5-10H,4H2,1-3H3,(H,19,22)(H,20,21). The first-order valence-corrected chi connectivity index (χ1v) is 8.87. The van der Waals surface area contributed by atoms with Gasteiger partial charge in [0.2, 0.25) is 0 Å². The van der Waals surface area contributed by atoms with Gasteiger partial charge in [-0.2, -0.15) is 5.10 Å². The van der Waals surface area contributed by atoms with Crippen LogP contribution >= 0.6 is 11.3 Å². The first-order valence-electron chi connectivity index (χ1n) is 8.05. The second-order valence-electron chi connectivity index (χ2n) is 5.90. The molecule has 3 rings (SSSR count). The smallest absolute Gasteiger partial charge is 0.348 e. The third-order valence-corrected chi connectivity index (χ3v) is 4.80. The van der Waals surface area contributed by atoms with E-state index in [1.165, 1.54) is 11.3 Å². The van der Waals surface area contributed by atoms with Crippen LogP contribution in [0.3, 0.4) is 0 Å². The Kier molecular flexibility index (Phi) is 4.85. The molecular weight excluding hydrogens is 338 g/mol. The summed E-state index contributed by atoms with van der Waals surface area (Å²) in [6, 6.07) is 9.05. The number of carbonyl (C=O) groups is 2. The van der Waals surface area contributed by atoms with Gasteiger partial charge in [0.1, 0.15) is 4.88 Å². The van der Waals surface area contributed by atoms with Crippen molar-refractivity contribution in [1.82, 2.24) is 10.2 Å². The van der Waals surface area contributed by atoms with Crippen molar-refractivity contribution in [2.24, 2.45) is 0 Å². The molecule has 2 heterocycles. The van der Waals surface area contributed by atoms with Gasteiger partial charge in [-0.15, -0.1) is 11.3 Å². The van der Waals surface area contributed by atoms with E-state index in [1.807, 2.05) is 32.0 Å². The molecule has 0 aliphatic heterocycles. The van der Waals surface area contributed by atoms with Gasteiger partial charge < -0.3 is 10.1 Å². The third kappa shape index (κ3) is 3.71. The molecule has 0 spiro atoms. The number of amides is 1. The van der Waals surface area contributed by atoms with E-state index in [0.29, 0.717) is 22.9 Å². The summed E-state index contributed by atoms with van der Waals surface area (Å²) < 4.78 is 5.98. The Bertz CT molecular complexity index is 927. The van der Waals surface area contributed by atoms with E-state index in [2.05, 4.69) is 15.5 Å². The first kappa shape index (κ1) is 17.2. The molecular formula is C18H19N3O3S. The van der Waals surface area contributed by atoms with Crippen LogP contribution in [0.5, 0.6) is 0 Å². The Morgan fingerprint density at radius 3 is 2.76 bits per heavy atom. The molecule has 0 atom stereocenters. The fourth-order valence-electron chi connectivity index (χ4n) is 2.37. The van der Waals surface area contributed by atoms with E-state index < -0.39 is 0 Å². The van der Waals surface area contributed by atoms with Gasteiger partial charge in [0.25, 0.3) is 5.91 Å². The molecule has 0 fully saturated rings. The van der Waals surface area contributed by atoms with Gasteiger partial charge in [-0.05, 0) is 48.6 Å². The highest BCUT2D eigenvalue weighted by Crippen LogP contribution is 2.29. The van der Waals surface area contributed by atoms with Gasteiger partial charge in [0.15, 0.2) is 5.69 Å². The Morgan fingerprint density at radius 2 is 2.08 bits per heavy atom. The quantitative estimate of drug-likeness (QED) is 0.671. The highest BCUT2D eigenvalue weighted by atomic mass is 32.1. The number of aromatic amines is 1. The number of fused-ring (bicyclic) bond motifs is 1. The van der Waals surface area contributed by atoms with Crippen molar-refractivity contribution in [3.8, 4) is 0 Å². The second-order valence-corrected chi connectivity index (χ2v) is 6.98. The Balaban J connectivity index is 1.79. The molecule has 130 valence electrons. The summed E-state index contributed by atoms with van der Waals surface area (Å²) in [6.45, 7) is 6.18. The summed E-state index contributed by atoms with van der Waals surface area (Å²) >= 11 is 1.37. The molecule has 25 heavy (non-hydrogen) atoms. The van der Waals surface area contributed by atoms with Crippen LogP contribution in [0.15, 0.2) is 30.3 Å². The molecule has 2 aromatic heterocycles. The van der Waals surface area contributed by atoms with Gasteiger partial charge in [-0.1, -0.05) is 13.8 Å². The van der Waals surface area contributed by atoms with Gasteiger partial charge in [-0.25, -0.2) is 4.79 Å². The normalized spacial score (nSPS) is 11.0. The average molecular weight is 357 g/mol. The van der Waals surface area contributed by atoms with Gasteiger partial charge in [0, 0.05) is 16.1 Å². The molecule has 0 aliphatic rings. The predicted molar refractivity (Wildman–Crippen MR) is 98.4 cm³/mol. The van der Waals surface area contributed by atoms with E-state index in [-0.39, 0.29) is 17.8 Å². The van der Waals surface area contributed by atoms with E-state index >= 15 is 0 Å². The van der Waals surface area contributed by atoms with Crippen LogP contribution in [-0.2, 0) is 4.74 Å². The molecule has 1 amide bonds. The highest BCUT2D eigenvalue weighted by Gasteiger charge is 2.14. The zero-order valence-corrected chi connectivity index (χ0v) is 15.1. The van der Waals surface area contributed by atoms with Crippen molar-refractivity contribution in [2.75, 3.05) is 11.9 Å². The Labute approximate surface area is 149 Å². The third-order valence-electron chi connectivity index (χ3n) is 3.70. The molecule has 0 aliphatic carbocycles. The summed E-state index contributed by atoms with van der Waals surface area (Å²) in [6.07, 6.45) is 0. The molecule has 0 saturated carbocycles. The lowest BCUT2D eigenvalue weighted by atomic mass is 10.1. The number of rotatable bonds is 5. The summed E-state index contributed by atoms with van der Waals surface area (Å²) in [5, 5.41) is 10.6. The Morgan fingerprint density at radius 1 is 1.28 bits per heavy atom. The summed E-state index contributed by atoms with van der Waals surface area (Å²) in [7, 11) is 0. The van der Waals surface area contributed by atoms with Gasteiger partial charge >= 0.3 is 5.97 Å². The first-order chi connectivity index (χ1) is 12.0. The van der Waals surface area contributed by atoms with Crippen molar-refractivity contribution in [3.05, 3.63) is 46.6 Å². The number of ether oxygens (including phenoxy) is 1. The minimum Gasteiger partial charge on any atom is -0.462 e. The number of carbonyl (C=O) groups excluding carboxylic acids is 2. The number of anilines is 1. The number of hydrogen-bond acceptors (Lipinski definition) is 5. The minimum absolute atomic E-state index is 0.275. The largest absolute Gasteiger partial charge is 0.462 e. The summed E-state index contributed by atoms with van der Waals surface area (Å²) in [4.78, 5) is 24.7. The van der Waals surface area contributed by atoms with Crippen LogP contribution < -0.4 is 5.32 Å². The number of aromatic nitrogens is 2. The van der Waals surface area contributed by atoms with Crippen molar-refractivity contribution in [1.29, 1.82) is 0 Å². The lowest BCUT2D eigenvalue weighted by molar-refractivity contribution is 0.0532. The number of nitrogens with zero attached hydrogens (tertiary/aromatic N) is 1. The number of nitrogens with one attached hydrogen (secondary N) is 2. The van der Waals surface area contributed by atoms with E-state index in [4.69, 9.17) is 4.74 Å². The van der Waals surface area contributed by atoms with Crippen molar-refractivity contribution in [2.45, 2.75) is 26.7 Å². The van der Waals surface area contributed by atoms with Crippen LogP contribution in [0.2, 0.25) is 0 Å². The summed E-state index contributed by atoms with van der Waals surface area (Å²) in [5.41, 5.74) is 1.92. The van der Waals surface area contributed by atoms with E-state index in [1.54, 1.807) is 19.1 Å². The molecule has 0 radical (unpaired) electrons. The zero-order valence-electron chi connectivity index (χ0n) is 14.3. The number of thiophene rings is 1. The maximum absolute atomic E-state index is 12.3. The second kappa shape index (κ2) is 7.06. The van der Waals surface area contributed by atoms with Crippen LogP contribution in [0.4, 0.5) is 5.69 Å². The minimum atomic E-state index is -0.327. The van der Waals surface area contributed by atoms with Crippen LogP contribution in [0.25, 0.3) is 10.1 Å². The number of H-pyrrole nitrogens is 1. The summed E-state index contributed by atoms with van der Waals surface area (Å²) in [5.74, 6) is -0.326. The molecule has 1 aromatic carbocycles. The van der Waals surface area contributed by atoms with Crippen molar-refractivity contribution >= 4 is 39.0 Å². The van der Waals surface area contributed by atoms with Crippen LogP contribution in [0.1, 0.15) is 52.5 Å². The molecule has 2 N–H and O–H groups in total. The molecule has 6 nitrogen and oxygen atoms in total. The lowest BCUT2D eigenvalue weighted by Gasteiger charge is -2.03. The van der Waals surface area contributed by atoms with Crippen molar-refractivity contribution in [3.63, 3.8) is 0 Å². The van der Waals surface area contributed by atoms with Crippen LogP contribution in [-0.4, -0.2) is 28.7 Å². The number of hydrogen-bond donors (Lipinski definition) is 2. The van der Waals surface area contributed by atoms with Gasteiger partial charge in [-0.3, -0.25) is 9.89 Å². The van der Waals surface area contributed by atoms with Crippen molar-refractivity contribution < 1.29 is 14.3 Å². The lowest BCUT2D eigenvalue weighted by Crippen LogP contribution is -2.12. The monoisotopic (exact) mass is 357 g/mol. The molecule has 0 unspecified atom stereocenters. The number of benzene rings is 1. The highest BCUT2D eigenvalue weighted by molar-refractivity contribution is 7.20. The Hall–Kier alpha value is -2.67. The number of esters is 1. The fourth-order valence-corrected chi connectivity index (χ4v) is 3.30. The fraction of sp³-hybridized carbons (Fsp3) is 0.278. The van der Waals surface area contributed by atoms with E-state index in [0.717, 1.165) is 15.8 Å². The van der Waals surface area contributed by atoms with E-state index in [9.17, 15) is 9.59 Å². The molecule has 3 aromatic rings. The predicted octanol–water partition coefficient (Wildman–Crippen LogP) is 4.18. The zero-order chi connectivity index (χ0) is 18.0. The maximum Gasteiger partial charge on any atom is 0.348 e. The van der Waals surface area contributed by atoms with Gasteiger partial charge in [0.05, 0.1) is 6.61 Å². The molecule has 0 bridgehead atoms. The maximum atomic E-state index is 12.3. The average Bonchev–Trinajstić information content (AvgIpc) is 3.22.